The van der Waals surface area contributed by atoms with Crippen LogP contribution in [0.3, 0.4) is 0 Å². The summed E-state index contributed by atoms with van der Waals surface area (Å²) >= 11 is 0. The van der Waals surface area contributed by atoms with E-state index < -0.39 is 18.1 Å². The first-order valence-electron chi connectivity index (χ1n) is 8.37. The normalized spacial score (nSPS) is 21.2. The van der Waals surface area contributed by atoms with Gasteiger partial charge in [0, 0.05) is 6.21 Å². The van der Waals surface area contributed by atoms with Crippen LogP contribution in [-0.4, -0.2) is 22.7 Å². The minimum Gasteiger partial charge on any atom is -0.200 e. The van der Waals surface area contributed by atoms with Crippen molar-refractivity contribution in [3.63, 3.8) is 0 Å². The standard InChI is InChI=1S/C18H28N2O2SSi/c1-15-8-10-17(11-9-15)23(21,22)20-19-13-7-6-12-18(14-16(18)2)24(3,4)5/h8-11,13,20H,2,6-7,12,14H2,1,3-5H3/b19-13+. The van der Waals surface area contributed by atoms with Crippen molar-refractivity contribution in [2.24, 2.45) is 5.10 Å². The van der Waals surface area contributed by atoms with Crippen LogP contribution in [0.15, 0.2) is 46.4 Å². The summed E-state index contributed by atoms with van der Waals surface area (Å²) in [5.41, 5.74) is 2.43. The van der Waals surface area contributed by atoms with E-state index in [4.69, 9.17) is 0 Å². The van der Waals surface area contributed by atoms with E-state index >= 15 is 0 Å². The van der Waals surface area contributed by atoms with Crippen molar-refractivity contribution in [2.75, 3.05) is 0 Å². The Morgan fingerprint density at radius 2 is 1.88 bits per heavy atom. The van der Waals surface area contributed by atoms with E-state index in [1.807, 2.05) is 6.92 Å². The smallest absolute Gasteiger partial charge is 0.200 e. The summed E-state index contributed by atoms with van der Waals surface area (Å²) < 4.78 is 24.2. The Bertz CT molecular complexity index is 733. The topological polar surface area (TPSA) is 58.5 Å². The van der Waals surface area contributed by atoms with Gasteiger partial charge in [0.1, 0.15) is 0 Å². The van der Waals surface area contributed by atoms with E-state index in [0.29, 0.717) is 5.04 Å². The predicted molar refractivity (Wildman–Crippen MR) is 104 cm³/mol. The molecule has 1 saturated carbocycles. The van der Waals surface area contributed by atoms with Crippen molar-refractivity contribution in [2.45, 2.75) is 62.2 Å². The van der Waals surface area contributed by atoms with Gasteiger partial charge >= 0.3 is 0 Å². The number of sulfonamides is 1. The highest BCUT2D eigenvalue weighted by atomic mass is 32.2. The molecule has 6 heteroatoms. The summed E-state index contributed by atoms with van der Waals surface area (Å²) in [4.78, 5) is 2.51. The Kier molecular flexibility index (Phi) is 5.40. The van der Waals surface area contributed by atoms with Crippen LogP contribution in [0.4, 0.5) is 0 Å². The maximum Gasteiger partial charge on any atom is 0.276 e. The van der Waals surface area contributed by atoms with Crippen molar-refractivity contribution in [1.29, 1.82) is 0 Å². The zero-order chi connectivity index (χ0) is 18.0. The highest BCUT2D eigenvalue weighted by Crippen LogP contribution is 2.67. The number of hydrazone groups is 1. The molecule has 0 aromatic heterocycles. The molecular weight excluding hydrogens is 336 g/mol. The first-order valence-corrected chi connectivity index (χ1v) is 13.4. The lowest BCUT2D eigenvalue weighted by Crippen LogP contribution is -2.29. The molecule has 0 heterocycles. The second-order valence-electron chi connectivity index (χ2n) is 7.72. The fourth-order valence-electron chi connectivity index (χ4n) is 3.19. The van der Waals surface area contributed by atoms with Gasteiger partial charge in [-0.3, -0.25) is 0 Å². The van der Waals surface area contributed by atoms with Gasteiger partial charge in [-0.25, -0.2) is 4.83 Å². The third kappa shape index (κ3) is 4.16. The van der Waals surface area contributed by atoms with Crippen LogP contribution >= 0.6 is 0 Å². The lowest BCUT2D eigenvalue weighted by Gasteiger charge is -2.28. The number of aryl methyl sites for hydroxylation is 1. The molecule has 2 rings (SSSR count). The van der Waals surface area contributed by atoms with E-state index in [2.05, 4.69) is 36.2 Å². The maximum absolute atomic E-state index is 12.1. The van der Waals surface area contributed by atoms with Crippen LogP contribution in [0, 0.1) is 6.92 Å². The molecule has 132 valence electrons. The average Bonchev–Trinajstić information content (AvgIpc) is 3.15. The van der Waals surface area contributed by atoms with Crippen LogP contribution in [0.2, 0.25) is 24.7 Å². The lowest BCUT2D eigenvalue weighted by molar-refractivity contribution is 0.584. The third-order valence-electron chi connectivity index (χ3n) is 5.03. The van der Waals surface area contributed by atoms with Gasteiger partial charge < -0.3 is 0 Å². The summed E-state index contributed by atoms with van der Waals surface area (Å²) in [6.07, 6.45) is 5.75. The number of nitrogens with zero attached hydrogens (tertiary/aromatic N) is 1. The van der Waals surface area contributed by atoms with Crippen LogP contribution in [0.25, 0.3) is 0 Å². The molecule has 0 spiro atoms. The van der Waals surface area contributed by atoms with Gasteiger partial charge in [-0.15, -0.1) is 0 Å². The van der Waals surface area contributed by atoms with Gasteiger partial charge in [-0.05, 0) is 49.8 Å². The first kappa shape index (κ1) is 18.9. The summed E-state index contributed by atoms with van der Waals surface area (Å²) in [7, 11) is -4.81. The van der Waals surface area contributed by atoms with E-state index in [-0.39, 0.29) is 4.90 Å². The summed E-state index contributed by atoms with van der Waals surface area (Å²) in [6, 6.07) is 6.72. The fourth-order valence-corrected chi connectivity index (χ4v) is 6.74. The molecule has 1 fully saturated rings. The molecular formula is C18H28N2O2SSi. The van der Waals surface area contributed by atoms with E-state index in [1.54, 1.807) is 30.5 Å². The molecule has 0 aliphatic heterocycles. The number of unbranched alkanes of at least 4 members (excludes halogenated alkanes) is 1. The van der Waals surface area contributed by atoms with Gasteiger partial charge in [-0.1, -0.05) is 49.5 Å². The molecule has 4 nitrogen and oxygen atoms in total. The molecule has 1 unspecified atom stereocenters. The zero-order valence-corrected chi connectivity index (χ0v) is 16.9. The van der Waals surface area contributed by atoms with Crippen LogP contribution in [-0.2, 0) is 10.0 Å². The van der Waals surface area contributed by atoms with Crippen molar-refractivity contribution in [3.05, 3.63) is 42.0 Å². The zero-order valence-electron chi connectivity index (χ0n) is 15.1. The third-order valence-corrected chi connectivity index (χ3v) is 9.93. The fraction of sp³-hybridized carbons (Fsp3) is 0.500. The number of nitrogens with one attached hydrogen (secondary N) is 1. The minimum atomic E-state index is -3.57. The molecule has 1 aliphatic rings. The molecule has 1 aromatic carbocycles. The second-order valence-corrected chi connectivity index (χ2v) is 14.8. The van der Waals surface area contributed by atoms with Crippen molar-refractivity contribution < 1.29 is 8.42 Å². The van der Waals surface area contributed by atoms with Crippen LogP contribution in [0.1, 0.15) is 31.2 Å². The Morgan fingerprint density at radius 3 is 2.38 bits per heavy atom. The largest absolute Gasteiger partial charge is 0.276 e. The Morgan fingerprint density at radius 1 is 1.29 bits per heavy atom. The van der Waals surface area contributed by atoms with Gasteiger partial charge in [0.05, 0.1) is 13.0 Å². The quantitative estimate of drug-likeness (QED) is 0.243. The second kappa shape index (κ2) is 6.84. The summed E-state index contributed by atoms with van der Waals surface area (Å²) in [5, 5.41) is 4.28. The van der Waals surface area contributed by atoms with Gasteiger partial charge in [0.25, 0.3) is 10.0 Å². The first-order chi connectivity index (χ1) is 11.1. The highest BCUT2D eigenvalue weighted by molar-refractivity contribution is 7.89. The molecule has 1 N–H and O–H groups in total. The summed E-state index contributed by atoms with van der Waals surface area (Å²) in [6.45, 7) is 13.3. The Hall–Kier alpha value is -1.40. The number of benzene rings is 1. The van der Waals surface area contributed by atoms with Crippen LogP contribution in [0.5, 0.6) is 0 Å². The monoisotopic (exact) mass is 364 g/mol. The Balaban J connectivity index is 1.81. The lowest BCUT2D eigenvalue weighted by atomic mass is 10.1. The van der Waals surface area contributed by atoms with Crippen molar-refractivity contribution in [1.82, 2.24) is 4.83 Å². The number of allylic oxidation sites excluding steroid dienone is 1. The Labute approximate surface area is 147 Å². The van der Waals surface area contributed by atoms with Crippen molar-refractivity contribution in [3.8, 4) is 0 Å². The number of hydrogen-bond acceptors (Lipinski definition) is 3. The van der Waals surface area contributed by atoms with Crippen molar-refractivity contribution >= 4 is 24.3 Å². The SMILES string of the molecule is C=C1CC1(CCC/C=N/NS(=O)(=O)c1ccc(C)cc1)[Si](C)(C)C. The van der Waals surface area contributed by atoms with Crippen LogP contribution < -0.4 is 4.83 Å². The highest BCUT2D eigenvalue weighted by Gasteiger charge is 2.55. The molecule has 0 saturated heterocycles. The molecule has 0 amide bonds. The minimum absolute atomic E-state index is 0.234. The van der Waals surface area contributed by atoms with E-state index in [0.717, 1.165) is 24.8 Å². The molecule has 1 atom stereocenters. The van der Waals surface area contributed by atoms with E-state index in [1.165, 1.54) is 12.0 Å². The number of rotatable bonds is 8. The molecule has 0 bridgehead atoms. The van der Waals surface area contributed by atoms with Gasteiger partial charge in [0.2, 0.25) is 0 Å². The molecule has 1 aliphatic carbocycles. The summed E-state index contributed by atoms with van der Waals surface area (Å²) in [5.74, 6) is 0. The molecule has 1 aromatic rings. The van der Waals surface area contributed by atoms with E-state index in [9.17, 15) is 8.42 Å². The molecule has 24 heavy (non-hydrogen) atoms. The maximum atomic E-state index is 12.1. The average molecular weight is 365 g/mol. The predicted octanol–water partition coefficient (Wildman–Crippen LogP) is 4.47. The molecule has 0 radical (unpaired) electrons. The van der Waals surface area contributed by atoms with Gasteiger partial charge in [0.15, 0.2) is 0 Å². The number of hydrogen-bond donors (Lipinski definition) is 1. The van der Waals surface area contributed by atoms with Gasteiger partial charge in [-0.2, -0.15) is 13.5 Å².